The topological polar surface area (TPSA) is 54.3 Å². The fourth-order valence-corrected chi connectivity index (χ4v) is 3.39. The summed E-state index contributed by atoms with van der Waals surface area (Å²) in [5.41, 5.74) is 1.01. The summed E-state index contributed by atoms with van der Waals surface area (Å²) in [7, 11) is 0.140. The van der Waals surface area contributed by atoms with E-state index in [2.05, 4.69) is 12.2 Å². The fourth-order valence-electron chi connectivity index (χ4n) is 2.06. The molecular weight excluding hydrogens is 262 g/mol. The van der Waals surface area contributed by atoms with E-state index in [0.717, 1.165) is 25.1 Å². The van der Waals surface area contributed by atoms with Gasteiger partial charge in [0.05, 0.1) is 0 Å². The molecule has 1 aromatic rings. The molecule has 110 valence electrons. The van der Waals surface area contributed by atoms with Crippen molar-refractivity contribution in [2.24, 2.45) is 0 Å². The van der Waals surface area contributed by atoms with Crippen molar-refractivity contribution in [1.82, 2.24) is 14.2 Å². The lowest BCUT2D eigenvalue weighted by molar-refractivity contribution is 0.468. The van der Waals surface area contributed by atoms with Crippen LogP contribution in [0, 0.1) is 0 Å². The Hall–Kier alpha value is -0.850. The highest BCUT2D eigenvalue weighted by molar-refractivity contribution is 7.89. The summed E-state index contributed by atoms with van der Waals surface area (Å²) in [5.74, 6) is 0. The zero-order valence-corrected chi connectivity index (χ0v) is 13.1. The number of nitrogens with zero attached hydrogens (tertiary/aromatic N) is 2. The summed E-state index contributed by atoms with van der Waals surface area (Å²) in [6.07, 6.45) is 3.54. The first-order valence-electron chi connectivity index (χ1n) is 6.77. The summed E-state index contributed by atoms with van der Waals surface area (Å²) in [6.45, 7) is 6.11. The molecule has 1 heterocycles. The van der Waals surface area contributed by atoms with Gasteiger partial charge in [-0.25, -0.2) is 12.7 Å². The lowest BCUT2D eigenvalue weighted by Crippen LogP contribution is -2.27. The molecule has 1 aromatic heterocycles. The third-order valence-electron chi connectivity index (χ3n) is 3.03. The third kappa shape index (κ3) is 3.81. The van der Waals surface area contributed by atoms with Crippen LogP contribution in [0.2, 0.25) is 0 Å². The van der Waals surface area contributed by atoms with Crippen molar-refractivity contribution >= 4 is 10.0 Å². The van der Waals surface area contributed by atoms with E-state index in [1.165, 1.54) is 4.31 Å². The molecule has 0 bridgehead atoms. The van der Waals surface area contributed by atoms with Crippen LogP contribution in [-0.4, -0.2) is 37.9 Å². The summed E-state index contributed by atoms with van der Waals surface area (Å²) in [6, 6.07) is 1.77. The van der Waals surface area contributed by atoms with Gasteiger partial charge in [0.2, 0.25) is 10.0 Å². The fraction of sp³-hybridized carbons (Fsp3) is 0.692. The average molecular weight is 287 g/mol. The Balaban J connectivity index is 3.09. The molecule has 0 amide bonds. The van der Waals surface area contributed by atoms with E-state index in [9.17, 15) is 8.42 Å². The molecule has 0 aliphatic heterocycles. The van der Waals surface area contributed by atoms with Crippen molar-refractivity contribution < 1.29 is 8.42 Å². The molecule has 0 atom stereocenters. The summed E-state index contributed by atoms with van der Waals surface area (Å²) < 4.78 is 28.2. The van der Waals surface area contributed by atoms with Gasteiger partial charge in [0.15, 0.2) is 0 Å². The number of hydrogen-bond acceptors (Lipinski definition) is 3. The van der Waals surface area contributed by atoms with Gasteiger partial charge in [0, 0.05) is 38.6 Å². The van der Waals surface area contributed by atoms with Gasteiger partial charge >= 0.3 is 0 Å². The Morgan fingerprint density at radius 3 is 2.53 bits per heavy atom. The zero-order chi connectivity index (χ0) is 14.5. The third-order valence-corrected chi connectivity index (χ3v) is 4.85. The van der Waals surface area contributed by atoms with Gasteiger partial charge in [-0.1, -0.05) is 13.8 Å². The second-order valence-electron chi connectivity index (χ2n) is 4.72. The van der Waals surface area contributed by atoms with E-state index in [0.29, 0.717) is 18.0 Å². The summed E-state index contributed by atoms with van der Waals surface area (Å²) in [5, 5.41) is 3.07. The van der Waals surface area contributed by atoms with Crippen molar-refractivity contribution in [3.05, 3.63) is 18.0 Å². The molecular formula is C13H25N3O2S. The molecule has 5 nitrogen and oxygen atoms in total. The first-order chi connectivity index (χ1) is 8.97. The van der Waals surface area contributed by atoms with Crippen molar-refractivity contribution in [2.45, 2.75) is 44.7 Å². The van der Waals surface area contributed by atoms with Gasteiger partial charge < -0.3 is 9.88 Å². The van der Waals surface area contributed by atoms with Crippen molar-refractivity contribution in [1.29, 1.82) is 0 Å². The van der Waals surface area contributed by atoms with Crippen LogP contribution in [0.25, 0.3) is 0 Å². The average Bonchev–Trinajstić information content (AvgIpc) is 2.75. The molecule has 0 spiro atoms. The van der Waals surface area contributed by atoms with E-state index in [1.54, 1.807) is 19.3 Å². The van der Waals surface area contributed by atoms with Gasteiger partial charge in [0.25, 0.3) is 0 Å². The number of hydrogen-bond donors (Lipinski definition) is 1. The molecule has 0 unspecified atom stereocenters. The van der Waals surface area contributed by atoms with Crippen molar-refractivity contribution in [3.8, 4) is 0 Å². The number of aryl methyl sites for hydroxylation is 1. The molecule has 0 aliphatic rings. The monoisotopic (exact) mass is 287 g/mol. The maximum absolute atomic E-state index is 12.4. The summed E-state index contributed by atoms with van der Waals surface area (Å²) >= 11 is 0. The van der Waals surface area contributed by atoms with Crippen LogP contribution in [0.15, 0.2) is 17.2 Å². The van der Waals surface area contributed by atoms with E-state index < -0.39 is 10.0 Å². The minimum absolute atomic E-state index is 0.391. The Kier molecular flexibility index (Phi) is 6.03. The van der Waals surface area contributed by atoms with E-state index in [-0.39, 0.29) is 0 Å². The van der Waals surface area contributed by atoms with Crippen LogP contribution >= 0.6 is 0 Å². The van der Waals surface area contributed by atoms with Crippen molar-refractivity contribution in [2.75, 3.05) is 20.6 Å². The minimum Gasteiger partial charge on any atom is -0.349 e. The Bertz CT molecular complexity index is 470. The zero-order valence-electron chi connectivity index (χ0n) is 12.3. The van der Waals surface area contributed by atoms with Gasteiger partial charge in [-0.15, -0.1) is 0 Å². The van der Waals surface area contributed by atoms with E-state index >= 15 is 0 Å². The predicted octanol–water partition coefficient (Wildman–Crippen LogP) is 1.65. The lowest BCUT2D eigenvalue weighted by atomic mass is 10.4. The molecule has 0 radical (unpaired) electrons. The molecule has 0 saturated carbocycles. The van der Waals surface area contributed by atoms with Crippen LogP contribution in [0.5, 0.6) is 0 Å². The van der Waals surface area contributed by atoms with Crippen LogP contribution in [0.4, 0.5) is 0 Å². The Morgan fingerprint density at radius 2 is 2.00 bits per heavy atom. The predicted molar refractivity (Wildman–Crippen MR) is 77.6 cm³/mol. The lowest BCUT2D eigenvalue weighted by Gasteiger charge is -2.14. The van der Waals surface area contributed by atoms with Gasteiger partial charge in [-0.05, 0) is 26.0 Å². The summed E-state index contributed by atoms with van der Waals surface area (Å²) in [4.78, 5) is 0.391. The quantitative estimate of drug-likeness (QED) is 0.791. The second-order valence-corrected chi connectivity index (χ2v) is 6.76. The SMILES string of the molecule is CCCN(C)S(=O)(=O)c1cc(CNC)n(CCC)c1. The molecule has 0 aliphatic carbocycles. The van der Waals surface area contributed by atoms with Gasteiger partial charge in [0.1, 0.15) is 4.90 Å². The number of aromatic nitrogens is 1. The minimum atomic E-state index is -3.35. The second kappa shape index (κ2) is 7.07. The molecule has 19 heavy (non-hydrogen) atoms. The van der Waals surface area contributed by atoms with Crippen LogP contribution < -0.4 is 5.32 Å². The molecule has 1 rings (SSSR count). The maximum Gasteiger partial charge on any atom is 0.244 e. The van der Waals surface area contributed by atoms with E-state index in [1.807, 2.05) is 18.5 Å². The first-order valence-corrected chi connectivity index (χ1v) is 8.21. The normalized spacial score (nSPS) is 12.3. The van der Waals surface area contributed by atoms with E-state index in [4.69, 9.17) is 0 Å². The van der Waals surface area contributed by atoms with Gasteiger partial charge in [-0.3, -0.25) is 0 Å². The van der Waals surface area contributed by atoms with Crippen LogP contribution in [0.1, 0.15) is 32.4 Å². The van der Waals surface area contributed by atoms with Crippen LogP contribution in [0.3, 0.4) is 0 Å². The Morgan fingerprint density at radius 1 is 1.32 bits per heavy atom. The van der Waals surface area contributed by atoms with Crippen molar-refractivity contribution in [3.63, 3.8) is 0 Å². The highest BCUT2D eigenvalue weighted by Crippen LogP contribution is 2.19. The van der Waals surface area contributed by atoms with Gasteiger partial charge in [-0.2, -0.15) is 0 Å². The molecule has 6 heteroatoms. The first kappa shape index (κ1) is 16.2. The Labute approximate surface area is 116 Å². The molecule has 0 fully saturated rings. The highest BCUT2D eigenvalue weighted by atomic mass is 32.2. The largest absolute Gasteiger partial charge is 0.349 e. The molecule has 0 aromatic carbocycles. The number of rotatable bonds is 8. The molecule has 0 saturated heterocycles. The highest BCUT2D eigenvalue weighted by Gasteiger charge is 2.22. The number of nitrogens with one attached hydrogen (secondary N) is 1. The standard InChI is InChI=1S/C13H25N3O2S/c1-5-7-15(4)19(17,18)13-9-12(10-14-3)16(11-13)8-6-2/h9,11,14H,5-8,10H2,1-4H3. The van der Waals surface area contributed by atoms with Crippen LogP contribution in [-0.2, 0) is 23.1 Å². The smallest absolute Gasteiger partial charge is 0.244 e. The number of sulfonamides is 1. The maximum atomic E-state index is 12.4. The molecule has 1 N–H and O–H groups in total.